The molecule has 3 heterocycles. The van der Waals surface area contributed by atoms with E-state index in [1.807, 2.05) is 24.3 Å². The zero-order valence-corrected chi connectivity index (χ0v) is 14.5. The summed E-state index contributed by atoms with van der Waals surface area (Å²) in [5.74, 6) is -0.268. The van der Waals surface area contributed by atoms with E-state index in [1.165, 1.54) is 12.1 Å². The van der Waals surface area contributed by atoms with E-state index in [2.05, 4.69) is 20.3 Å². The first-order chi connectivity index (χ1) is 13.7. The molecule has 136 valence electrons. The molecular weight excluding hydrogens is 360 g/mol. The number of halogens is 2. The Kier molecular flexibility index (Phi) is 3.79. The van der Waals surface area contributed by atoms with Crippen LogP contribution in [0.25, 0.3) is 21.7 Å². The molecule has 1 aliphatic heterocycles. The molecule has 0 fully saturated rings. The van der Waals surface area contributed by atoms with Crippen molar-refractivity contribution in [2.75, 3.05) is 11.9 Å². The molecule has 0 unspecified atom stereocenters. The highest BCUT2D eigenvalue weighted by atomic mass is 19.1. The summed E-state index contributed by atoms with van der Waals surface area (Å²) in [6.45, 7) is 0.534. The Balaban J connectivity index is 1.77. The highest BCUT2D eigenvalue weighted by Crippen LogP contribution is 2.33. The Bertz CT molecular complexity index is 1300. The molecule has 0 atom stereocenters. The summed E-state index contributed by atoms with van der Waals surface area (Å²) >= 11 is 0. The SMILES string of the molecule is Fc1ccc(Nc2nc3c(C4=NCC=N4)cccc3c3cnccc23)c(F)c1. The fourth-order valence-electron chi connectivity index (χ4n) is 3.31. The molecule has 0 aliphatic carbocycles. The van der Waals surface area contributed by atoms with Crippen LogP contribution in [0.1, 0.15) is 5.56 Å². The zero-order chi connectivity index (χ0) is 19.1. The largest absolute Gasteiger partial charge is 0.337 e. The van der Waals surface area contributed by atoms with Gasteiger partial charge in [-0.05, 0) is 24.3 Å². The Hall–Kier alpha value is -3.74. The lowest BCUT2D eigenvalue weighted by Gasteiger charge is -2.13. The van der Waals surface area contributed by atoms with Gasteiger partial charge in [0.2, 0.25) is 0 Å². The fourth-order valence-corrected chi connectivity index (χ4v) is 3.31. The van der Waals surface area contributed by atoms with Gasteiger partial charge in [0.1, 0.15) is 17.5 Å². The highest BCUT2D eigenvalue weighted by molar-refractivity contribution is 6.18. The molecule has 1 N–H and O–H groups in total. The van der Waals surface area contributed by atoms with Crippen molar-refractivity contribution >= 4 is 45.2 Å². The lowest BCUT2D eigenvalue weighted by molar-refractivity contribution is 0.586. The number of pyridine rings is 2. The Morgan fingerprint density at radius 3 is 2.71 bits per heavy atom. The van der Waals surface area contributed by atoms with E-state index in [-0.39, 0.29) is 5.69 Å². The van der Waals surface area contributed by atoms with Crippen molar-refractivity contribution in [1.29, 1.82) is 0 Å². The molecule has 5 nitrogen and oxygen atoms in total. The van der Waals surface area contributed by atoms with Crippen molar-refractivity contribution in [2.24, 2.45) is 9.98 Å². The van der Waals surface area contributed by atoms with Crippen LogP contribution >= 0.6 is 0 Å². The predicted octanol–water partition coefficient (Wildman–Crippen LogP) is 4.64. The molecule has 0 amide bonds. The number of anilines is 2. The van der Waals surface area contributed by atoms with Crippen LogP contribution in [0.5, 0.6) is 0 Å². The number of aromatic nitrogens is 2. The minimum Gasteiger partial charge on any atom is -0.337 e. The van der Waals surface area contributed by atoms with Crippen LogP contribution in [0.15, 0.2) is 64.8 Å². The van der Waals surface area contributed by atoms with Crippen LogP contribution in [-0.4, -0.2) is 28.6 Å². The minimum atomic E-state index is -0.692. The van der Waals surface area contributed by atoms with Gasteiger partial charge in [0, 0.05) is 46.4 Å². The van der Waals surface area contributed by atoms with Gasteiger partial charge < -0.3 is 5.32 Å². The molecule has 5 rings (SSSR count). The molecule has 0 bridgehead atoms. The zero-order valence-electron chi connectivity index (χ0n) is 14.5. The van der Waals surface area contributed by atoms with E-state index in [1.54, 1.807) is 18.6 Å². The van der Waals surface area contributed by atoms with E-state index >= 15 is 0 Å². The molecular formula is C21H13F2N5. The van der Waals surface area contributed by atoms with Crippen LogP contribution in [0, 0.1) is 11.6 Å². The number of hydrogen-bond donors (Lipinski definition) is 1. The number of amidine groups is 1. The normalized spacial score (nSPS) is 13.3. The average molecular weight is 373 g/mol. The van der Waals surface area contributed by atoms with E-state index in [9.17, 15) is 8.78 Å². The number of nitrogens with one attached hydrogen (secondary N) is 1. The van der Waals surface area contributed by atoms with Gasteiger partial charge in [0.05, 0.1) is 17.7 Å². The first-order valence-electron chi connectivity index (χ1n) is 8.66. The van der Waals surface area contributed by atoms with Gasteiger partial charge in [-0.2, -0.15) is 0 Å². The minimum absolute atomic E-state index is 0.139. The van der Waals surface area contributed by atoms with Crippen LogP contribution in [0.4, 0.5) is 20.3 Å². The number of para-hydroxylation sites is 1. The first kappa shape index (κ1) is 16.4. The lowest BCUT2D eigenvalue weighted by atomic mass is 10.0. The van der Waals surface area contributed by atoms with Crippen LogP contribution in [-0.2, 0) is 0 Å². The maximum Gasteiger partial charge on any atom is 0.156 e. The van der Waals surface area contributed by atoms with Gasteiger partial charge in [0.15, 0.2) is 5.84 Å². The third-order valence-corrected chi connectivity index (χ3v) is 4.59. The maximum absolute atomic E-state index is 14.2. The summed E-state index contributed by atoms with van der Waals surface area (Å²) in [5.41, 5.74) is 1.62. The summed E-state index contributed by atoms with van der Waals surface area (Å²) in [6.07, 6.45) is 5.14. The second-order valence-corrected chi connectivity index (χ2v) is 6.31. The number of aliphatic imine (C=N–C) groups is 2. The van der Waals surface area contributed by atoms with Gasteiger partial charge in [-0.1, -0.05) is 12.1 Å². The number of hydrogen-bond acceptors (Lipinski definition) is 5. The molecule has 0 saturated heterocycles. The third-order valence-electron chi connectivity index (χ3n) is 4.59. The van der Waals surface area contributed by atoms with Gasteiger partial charge in [-0.25, -0.2) is 18.8 Å². The molecule has 1 aliphatic rings. The molecule has 2 aromatic carbocycles. The van der Waals surface area contributed by atoms with Gasteiger partial charge in [-0.15, -0.1) is 0 Å². The highest BCUT2D eigenvalue weighted by Gasteiger charge is 2.16. The monoisotopic (exact) mass is 373 g/mol. The predicted molar refractivity (Wildman–Crippen MR) is 107 cm³/mol. The Labute approximate surface area is 158 Å². The molecule has 0 spiro atoms. The Morgan fingerprint density at radius 1 is 0.964 bits per heavy atom. The van der Waals surface area contributed by atoms with Crippen LogP contribution < -0.4 is 5.32 Å². The fraction of sp³-hybridized carbons (Fsp3) is 0.0476. The third kappa shape index (κ3) is 2.68. The summed E-state index contributed by atoms with van der Waals surface area (Å²) in [4.78, 5) is 17.7. The smallest absolute Gasteiger partial charge is 0.156 e. The quantitative estimate of drug-likeness (QED) is 0.532. The molecule has 2 aromatic heterocycles. The second-order valence-electron chi connectivity index (χ2n) is 6.31. The standard InChI is InChI=1S/C21H13F2N5/c22-12-4-5-18(17(23)10-12)27-21-14-6-7-24-11-16(14)13-2-1-3-15(19(13)28-21)20-25-8-9-26-20/h1-8,10-11H,9H2,(H,27,28). The number of benzene rings is 2. The van der Waals surface area contributed by atoms with Crippen LogP contribution in [0.3, 0.4) is 0 Å². The van der Waals surface area contributed by atoms with E-state index < -0.39 is 11.6 Å². The maximum atomic E-state index is 14.2. The van der Waals surface area contributed by atoms with Crippen molar-refractivity contribution in [3.8, 4) is 0 Å². The molecule has 28 heavy (non-hydrogen) atoms. The topological polar surface area (TPSA) is 62.5 Å². The lowest BCUT2D eigenvalue weighted by Crippen LogP contribution is -2.02. The summed E-state index contributed by atoms with van der Waals surface area (Å²) in [5, 5.41) is 5.53. The molecule has 0 radical (unpaired) electrons. The summed E-state index contributed by atoms with van der Waals surface area (Å²) < 4.78 is 27.4. The van der Waals surface area contributed by atoms with Crippen molar-refractivity contribution < 1.29 is 8.78 Å². The van der Waals surface area contributed by atoms with Crippen molar-refractivity contribution in [3.05, 3.63) is 72.1 Å². The number of rotatable bonds is 3. The van der Waals surface area contributed by atoms with Gasteiger partial charge in [0.25, 0.3) is 0 Å². The Morgan fingerprint density at radius 2 is 1.89 bits per heavy atom. The summed E-state index contributed by atoms with van der Waals surface area (Å²) in [6, 6.07) is 11.0. The first-order valence-corrected chi connectivity index (χ1v) is 8.66. The number of nitrogens with zero attached hydrogens (tertiary/aromatic N) is 4. The summed E-state index contributed by atoms with van der Waals surface area (Å²) in [7, 11) is 0. The van der Waals surface area contributed by atoms with Crippen molar-refractivity contribution in [2.45, 2.75) is 0 Å². The second kappa shape index (κ2) is 6.45. The molecule has 7 heteroatoms. The van der Waals surface area contributed by atoms with Crippen molar-refractivity contribution in [1.82, 2.24) is 9.97 Å². The average Bonchev–Trinajstić information content (AvgIpc) is 3.24. The molecule has 0 saturated carbocycles. The van der Waals surface area contributed by atoms with E-state index in [0.717, 1.165) is 27.8 Å². The van der Waals surface area contributed by atoms with Gasteiger partial charge >= 0.3 is 0 Å². The van der Waals surface area contributed by atoms with E-state index in [0.29, 0.717) is 23.7 Å². The van der Waals surface area contributed by atoms with Crippen molar-refractivity contribution in [3.63, 3.8) is 0 Å². The van der Waals surface area contributed by atoms with E-state index in [4.69, 9.17) is 4.98 Å². The number of fused-ring (bicyclic) bond motifs is 3. The van der Waals surface area contributed by atoms with Gasteiger partial charge in [-0.3, -0.25) is 9.98 Å². The van der Waals surface area contributed by atoms with Crippen LogP contribution in [0.2, 0.25) is 0 Å². The molecule has 4 aromatic rings.